The number of ether oxygens (including phenoxy) is 1. The SMILES string of the molecule is COc1cc(S(N)(=O)=O)c(C)cc1[N+]#N. The van der Waals surface area contributed by atoms with Crippen molar-refractivity contribution in [1.82, 2.24) is 0 Å². The predicted molar refractivity (Wildman–Crippen MR) is 53.8 cm³/mol. The third-order valence-corrected chi connectivity index (χ3v) is 2.94. The molecule has 0 unspecified atom stereocenters. The Bertz CT molecular complexity index is 531. The summed E-state index contributed by atoms with van der Waals surface area (Å²) in [6, 6.07) is 2.60. The fourth-order valence-corrected chi connectivity index (χ4v) is 1.98. The first-order valence-electron chi connectivity index (χ1n) is 3.96. The standard InChI is InChI=1S/C8H10N3O3S/c1-5-3-6(11-9)7(14-2)4-8(5)15(10,12)13/h3-4H,1-2H3,(H2,10,12,13)/q+1. The Morgan fingerprint density at radius 2 is 2.07 bits per heavy atom. The average molecular weight is 228 g/mol. The largest absolute Gasteiger partial charge is 0.489 e. The van der Waals surface area contributed by atoms with Crippen LogP contribution >= 0.6 is 0 Å². The average Bonchev–Trinajstić information content (AvgIpc) is 2.15. The second kappa shape index (κ2) is 3.84. The van der Waals surface area contributed by atoms with E-state index in [1.54, 1.807) is 6.92 Å². The molecular weight excluding hydrogens is 218 g/mol. The summed E-state index contributed by atoms with van der Waals surface area (Å²) in [6.45, 7) is 1.55. The van der Waals surface area contributed by atoms with Gasteiger partial charge in [0, 0.05) is 12.1 Å². The minimum Gasteiger partial charge on any atom is -0.489 e. The van der Waals surface area contributed by atoms with Crippen molar-refractivity contribution in [3.05, 3.63) is 22.7 Å². The molecule has 80 valence electrons. The number of primary sulfonamides is 1. The molecule has 0 aliphatic rings. The molecule has 0 atom stereocenters. The van der Waals surface area contributed by atoms with Gasteiger partial charge in [-0.25, -0.2) is 13.6 Å². The van der Waals surface area contributed by atoms with Gasteiger partial charge in [0.05, 0.1) is 12.0 Å². The molecule has 0 aromatic heterocycles. The van der Waals surface area contributed by atoms with Crippen molar-refractivity contribution in [2.75, 3.05) is 7.11 Å². The second-order valence-corrected chi connectivity index (χ2v) is 4.46. The molecule has 0 bridgehead atoms. The number of diazo groups is 1. The van der Waals surface area contributed by atoms with E-state index in [2.05, 4.69) is 4.98 Å². The van der Waals surface area contributed by atoms with Crippen molar-refractivity contribution in [2.45, 2.75) is 11.8 Å². The van der Waals surface area contributed by atoms with Crippen molar-refractivity contribution in [3.63, 3.8) is 0 Å². The molecular formula is C8H10N3O3S+. The van der Waals surface area contributed by atoms with Crippen LogP contribution in [0, 0.1) is 12.3 Å². The van der Waals surface area contributed by atoms with Gasteiger partial charge in [0.15, 0.2) is 4.98 Å². The minimum atomic E-state index is -3.79. The van der Waals surface area contributed by atoms with Crippen molar-refractivity contribution >= 4 is 15.7 Å². The zero-order valence-electron chi connectivity index (χ0n) is 8.26. The molecule has 7 heteroatoms. The smallest absolute Gasteiger partial charge is 0.426 e. The van der Waals surface area contributed by atoms with Crippen LogP contribution in [0.1, 0.15) is 5.56 Å². The summed E-state index contributed by atoms with van der Waals surface area (Å²) in [4.78, 5) is 2.92. The van der Waals surface area contributed by atoms with Gasteiger partial charge in [-0.15, -0.1) is 0 Å². The predicted octanol–water partition coefficient (Wildman–Crippen LogP) is 1.14. The molecule has 0 saturated carbocycles. The summed E-state index contributed by atoms with van der Waals surface area (Å²) in [6.07, 6.45) is 0. The lowest BCUT2D eigenvalue weighted by molar-refractivity contribution is 0.416. The molecule has 2 N–H and O–H groups in total. The van der Waals surface area contributed by atoms with Crippen LogP contribution in [-0.2, 0) is 10.0 Å². The Balaban J connectivity index is 3.55. The first-order chi connectivity index (χ1) is 6.90. The lowest BCUT2D eigenvalue weighted by Gasteiger charge is -2.03. The third kappa shape index (κ3) is 2.23. The molecule has 0 fully saturated rings. The third-order valence-electron chi connectivity index (χ3n) is 1.89. The van der Waals surface area contributed by atoms with Crippen LogP contribution in [0.3, 0.4) is 0 Å². The summed E-state index contributed by atoms with van der Waals surface area (Å²) in [5, 5.41) is 13.6. The van der Waals surface area contributed by atoms with Crippen LogP contribution in [-0.4, -0.2) is 15.5 Å². The highest BCUT2D eigenvalue weighted by Crippen LogP contribution is 2.32. The van der Waals surface area contributed by atoms with Gasteiger partial charge in [-0.2, -0.15) is 0 Å². The van der Waals surface area contributed by atoms with E-state index < -0.39 is 10.0 Å². The first-order valence-corrected chi connectivity index (χ1v) is 5.51. The van der Waals surface area contributed by atoms with Crippen LogP contribution in [0.25, 0.3) is 4.98 Å². The fraction of sp³-hybridized carbons (Fsp3) is 0.250. The molecule has 0 heterocycles. The number of nitrogens with two attached hydrogens (primary N) is 1. The Morgan fingerprint density at radius 1 is 1.47 bits per heavy atom. The topological polar surface area (TPSA) is 97.5 Å². The number of methoxy groups -OCH3 is 1. The van der Waals surface area contributed by atoms with Gasteiger partial charge < -0.3 is 4.74 Å². The summed E-state index contributed by atoms with van der Waals surface area (Å²) >= 11 is 0. The normalized spacial score (nSPS) is 10.8. The van der Waals surface area contributed by atoms with Gasteiger partial charge in [0.1, 0.15) is 0 Å². The molecule has 0 saturated heterocycles. The van der Waals surface area contributed by atoms with Gasteiger partial charge in [-0.05, 0) is 12.5 Å². The Morgan fingerprint density at radius 3 is 2.47 bits per heavy atom. The number of hydrogen-bond donors (Lipinski definition) is 1. The Hall–Kier alpha value is -1.65. The van der Waals surface area contributed by atoms with E-state index in [9.17, 15) is 8.42 Å². The maximum absolute atomic E-state index is 11.2. The number of rotatable bonds is 2. The molecule has 0 spiro atoms. The van der Waals surface area contributed by atoms with Gasteiger partial charge in [-0.3, -0.25) is 0 Å². The molecule has 1 aromatic rings. The van der Waals surface area contributed by atoms with E-state index in [0.29, 0.717) is 5.56 Å². The number of hydrogen-bond acceptors (Lipinski definition) is 4. The maximum atomic E-state index is 11.2. The highest BCUT2D eigenvalue weighted by atomic mass is 32.2. The number of nitrogens with zero attached hydrogens (tertiary/aromatic N) is 2. The van der Waals surface area contributed by atoms with Crippen LogP contribution in [0.4, 0.5) is 5.69 Å². The van der Waals surface area contributed by atoms with Gasteiger partial charge in [0.2, 0.25) is 21.2 Å². The van der Waals surface area contributed by atoms with Crippen LogP contribution < -0.4 is 9.88 Å². The molecule has 0 amide bonds. The van der Waals surface area contributed by atoms with Gasteiger partial charge in [0.25, 0.3) is 0 Å². The number of sulfonamides is 1. The van der Waals surface area contributed by atoms with Crippen LogP contribution in [0.2, 0.25) is 0 Å². The van der Waals surface area contributed by atoms with Crippen molar-refractivity contribution in [3.8, 4) is 5.75 Å². The molecule has 15 heavy (non-hydrogen) atoms. The zero-order valence-corrected chi connectivity index (χ0v) is 9.08. The molecule has 0 aliphatic heterocycles. The lowest BCUT2D eigenvalue weighted by Crippen LogP contribution is -2.13. The van der Waals surface area contributed by atoms with Crippen molar-refractivity contribution in [2.24, 2.45) is 5.14 Å². The Labute approximate surface area is 87.3 Å². The highest BCUT2D eigenvalue weighted by molar-refractivity contribution is 7.89. The van der Waals surface area contributed by atoms with E-state index in [1.165, 1.54) is 19.2 Å². The molecule has 0 aliphatic carbocycles. The summed E-state index contributed by atoms with van der Waals surface area (Å²) in [5.74, 6) is 0.145. The van der Waals surface area contributed by atoms with E-state index >= 15 is 0 Å². The van der Waals surface area contributed by atoms with E-state index in [-0.39, 0.29) is 16.3 Å². The lowest BCUT2D eigenvalue weighted by atomic mass is 10.2. The van der Waals surface area contributed by atoms with Gasteiger partial charge in [-0.1, -0.05) is 0 Å². The number of benzene rings is 1. The van der Waals surface area contributed by atoms with Crippen LogP contribution in [0.5, 0.6) is 5.75 Å². The van der Waals surface area contributed by atoms with Crippen LogP contribution in [0.15, 0.2) is 17.0 Å². The van der Waals surface area contributed by atoms with Crippen molar-refractivity contribution in [1.29, 1.82) is 5.39 Å². The highest BCUT2D eigenvalue weighted by Gasteiger charge is 2.21. The summed E-state index contributed by atoms with van der Waals surface area (Å²) in [5.41, 5.74) is 0.550. The van der Waals surface area contributed by atoms with E-state index in [0.717, 1.165) is 0 Å². The summed E-state index contributed by atoms with van der Waals surface area (Å²) in [7, 11) is -2.45. The Kier molecular flexibility index (Phi) is 2.93. The monoisotopic (exact) mass is 228 g/mol. The molecule has 6 nitrogen and oxygen atoms in total. The maximum Gasteiger partial charge on any atom is 0.426 e. The van der Waals surface area contributed by atoms with E-state index in [1.807, 2.05) is 0 Å². The second-order valence-electron chi connectivity index (χ2n) is 2.93. The van der Waals surface area contributed by atoms with Crippen molar-refractivity contribution < 1.29 is 13.2 Å². The zero-order chi connectivity index (χ0) is 11.6. The first kappa shape index (κ1) is 11.4. The van der Waals surface area contributed by atoms with E-state index in [4.69, 9.17) is 15.3 Å². The molecule has 1 rings (SSSR count). The molecule has 1 aromatic carbocycles. The minimum absolute atomic E-state index is 0.0493. The molecule has 0 radical (unpaired) electrons. The van der Waals surface area contributed by atoms with Gasteiger partial charge >= 0.3 is 5.69 Å². The number of aryl methyl sites for hydroxylation is 1. The fourth-order valence-electron chi connectivity index (χ4n) is 1.20. The summed E-state index contributed by atoms with van der Waals surface area (Å²) < 4.78 is 27.2. The quantitative estimate of drug-likeness (QED) is 0.767.